The van der Waals surface area contributed by atoms with Crippen LogP contribution in [-0.2, 0) is 13.0 Å². The summed E-state index contributed by atoms with van der Waals surface area (Å²) in [4.78, 5) is 8.12. The molecule has 2 heterocycles. The van der Waals surface area contributed by atoms with Crippen LogP contribution < -0.4 is 5.32 Å². The molecule has 0 unspecified atom stereocenters. The highest BCUT2D eigenvalue weighted by atomic mass is 16.0. The molecule has 0 saturated carbocycles. The first-order valence-electron chi connectivity index (χ1n) is 3.45. The maximum atomic E-state index is 4.17. The van der Waals surface area contributed by atoms with E-state index in [2.05, 4.69) is 15.3 Å². The van der Waals surface area contributed by atoms with E-state index < -0.39 is 0 Å². The molecule has 2 rings (SSSR count). The molecule has 0 saturated heterocycles. The summed E-state index contributed by atoms with van der Waals surface area (Å²) < 4.78 is 0. The average Bonchev–Trinajstić information content (AvgIpc) is 2.05. The van der Waals surface area contributed by atoms with E-state index >= 15 is 0 Å². The third-order valence-electron chi connectivity index (χ3n) is 1.74. The number of hydrogen-bond acceptors (Lipinski definition) is 3. The van der Waals surface area contributed by atoms with Gasteiger partial charge in [0, 0.05) is 37.0 Å². The van der Waals surface area contributed by atoms with Crippen molar-refractivity contribution in [1.29, 1.82) is 0 Å². The summed E-state index contributed by atoms with van der Waals surface area (Å²) in [6, 6.07) is 0. The molecular weight excluding hydrogens is 142 g/mol. The molecule has 0 spiro atoms. The molecule has 11 heavy (non-hydrogen) atoms. The van der Waals surface area contributed by atoms with Gasteiger partial charge < -0.3 is 10.8 Å². The monoisotopic (exact) mass is 153 g/mol. The van der Waals surface area contributed by atoms with Gasteiger partial charge in [-0.05, 0) is 0 Å². The van der Waals surface area contributed by atoms with Gasteiger partial charge in [-0.2, -0.15) is 0 Å². The number of aromatic nitrogens is 2. The normalized spacial score (nSPS) is 14.9. The minimum Gasteiger partial charge on any atom is -0.412 e. The summed E-state index contributed by atoms with van der Waals surface area (Å²) in [7, 11) is 0. The van der Waals surface area contributed by atoms with Crippen LogP contribution >= 0.6 is 0 Å². The Morgan fingerprint density at radius 1 is 1.45 bits per heavy atom. The number of rotatable bonds is 0. The molecular formula is C7H11N3O. The Kier molecular flexibility index (Phi) is 2.51. The molecule has 0 radical (unpaired) electrons. The fourth-order valence-corrected chi connectivity index (χ4v) is 1.19. The van der Waals surface area contributed by atoms with Crippen molar-refractivity contribution in [2.75, 3.05) is 6.54 Å². The lowest BCUT2D eigenvalue weighted by Gasteiger charge is -2.13. The molecule has 0 aliphatic carbocycles. The molecule has 3 N–H and O–H groups in total. The summed E-state index contributed by atoms with van der Waals surface area (Å²) >= 11 is 0. The zero-order valence-corrected chi connectivity index (χ0v) is 6.17. The molecule has 1 aliphatic heterocycles. The van der Waals surface area contributed by atoms with E-state index in [0.717, 1.165) is 19.5 Å². The predicted octanol–water partition coefficient (Wildman–Crippen LogP) is -0.702. The summed E-state index contributed by atoms with van der Waals surface area (Å²) in [6.45, 7) is 1.97. The van der Waals surface area contributed by atoms with Gasteiger partial charge in [0.1, 0.15) is 6.33 Å². The molecule has 0 bridgehead atoms. The van der Waals surface area contributed by atoms with Gasteiger partial charge in [-0.25, -0.2) is 9.97 Å². The van der Waals surface area contributed by atoms with Crippen molar-refractivity contribution in [3.63, 3.8) is 0 Å². The van der Waals surface area contributed by atoms with E-state index in [0.29, 0.717) is 0 Å². The quantitative estimate of drug-likeness (QED) is 0.535. The third-order valence-corrected chi connectivity index (χ3v) is 1.74. The standard InChI is InChI=1S/C7H9N3.H2O/c1-2-8-3-6-4-9-5-10-7(1)6;/h4-5,8H,1-3H2;1H2. The van der Waals surface area contributed by atoms with Crippen molar-refractivity contribution in [2.24, 2.45) is 0 Å². The fraction of sp³-hybridized carbons (Fsp3) is 0.429. The van der Waals surface area contributed by atoms with E-state index in [4.69, 9.17) is 0 Å². The molecule has 0 fully saturated rings. The average molecular weight is 153 g/mol. The summed E-state index contributed by atoms with van der Waals surface area (Å²) in [6.07, 6.45) is 4.54. The smallest absolute Gasteiger partial charge is 0.115 e. The first-order valence-corrected chi connectivity index (χ1v) is 3.45. The van der Waals surface area contributed by atoms with Crippen molar-refractivity contribution >= 4 is 0 Å². The van der Waals surface area contributed by atoms with Crippen LogP contribution in [0.3, 0.4) is 0 Å². The molecule has 0 aromatic carbocycles. The van der Waals surface area contributed by atoms with Crippen molar-refractivity contribution in [2.45, 2.75) is 13.0 Å². The molecule has 1 aromatic rings. The zero-order valence-electron chi connectivity index (χ0n) is 6.17. The van der Waals surface area contributed by atoms with Crippen LogP contribution in [0.5, 0.6) is 0 Å². The van der Waals surface area contributed by atoms with Gasteiger partial charge in [0.2, 0.25) is 0 Å². The molecule has 4 nitrogen and oxygen atoms in total. The van der Waals surface area contributed by atoms with Crippen LogP contribution in [0.2, 0.25) is 0 Å². The largest absolute Gasteiger partial charge is 0.412 e. The maximum Gasteiger partial charge on any atom is 0.115 e. The second-order valence-electron chi connectivity index (χ2n) is 2.42. The van der Waals surface area contributed by atoms with E-state index in [-0.39, 0.29) is 5.48 Å². The Labute approximate surface area is 65.0 Å². The number of fused-ring (bicyclic) bond motifs is 1. The molecule has 60 valence electrons. The lowest BCUT2D eigenvalue weighted by atomic mass is 10.1. The molecule has 4 heteroatoms. The molecule has 0 atom stereocenters. The summed E-state index contributed by atoms with van der Waals surface area (Å²) in [5.41, 5.74) is 2.45. The Balaban J connectivity index is 0.000000605. The van der Waals surface area contributed by atoms with Crippen molar-refractivity contribution in [3.05, 3.63) is 23.8 Å². The highest BCUT2D eigenvalue weighted by molar-refractivity contribution is 5.18. The van der Waals surface area contributed by atoms with Gasteiger partial charge in [0.25, 0.3) is 0 Å². The summed E-state index contributed by atoms with van der Waals surface area (Å²) in [5, 5.41) is 3.26. The Hall–Kier alpha value is -1.00. The zero-order chi connectivity index (χ0) is 6.81. The van der Waals surface area contributed by atoms with E-state index in [9.17, 15) is 0 Å². The summed E-state index contributed by atoms with van der Waals surface area (Å²) in [5.74, 6) is 0. The van der Waals surface area contributed by atoms with Gasteiger partial charge in [0.15, 0.2) is 0 Å². The lowest BCUT2D eigenvalue weighted by Crippen LogP contribution is -2.24. The fourth-order valence-electron chi connectivity index (χ4n) is 1.19. The van der Waals surface area contributed by atoms with Gasteiger partial charge in [-0.1, -0.05) is 0 Å². The topological polar surface area (TPSA) is 69.3 Å². The molecule has 1 aromatic heterocycles. The van der Waals surface area contributed by atoms with Gasteiger partial charge in [-0.3, -0.25) is 0 Å². The van der Waals surface area contributed by atoms with Gasteiger partial charge in [-0.15, -0.1) is 0 Å². The van der Waals surface area contributed by atoms with Crippen LogP contribution in [0.4, 0.5) is 0 Å². The van der Waals surface area contributed by atoms with Crippen LogP contribution in [-0.4, -0.2) is 22.0 Å². The van der Waals surface area contributed by atoms with Gasteiger partial charge >= 0.3 is 0 Å². The first kappa shape index (κ1) is 8.10. The van der Waals surface area contributed by atoms with E-state index in [1.807, 2.05) is 6.20 Å². The van der Waals surface area contributed by atoms with Crippen LogP contribution in [0, 0.1) is 0 Å². The number of hydrogen-bond donors (Lipinski definition) is 1. The van der Waals surface area contributed by atoms with Crippen LogP contribution in [0.15, 0.2) is 12.5 Å². The third kappa shape index (κ3) is 1.53. The van der Waals surface area contributed by atoms with E-state index in [1.165, 1.54) is 11.3 Å². The SMILES string of the molecule is O.c1ncc2c(n1)CCNC2. The van der Waals surface area contributed by atoms with Crippen molar-refractivity contribution < 1.29 is 5.48 Å². The van der Waals surface area contributed by atoms with Gasteiger partial charge in [0.05, 0.1) is 0 Å². The predicted molar refractivity (Wildman–Crippen MR) is 41.1 cm³/mol. The lowest BCUT2D eigenvalue weighted by molar-refractivity contribution is 0.625. The highest BCUT2D eigenvalue weighted by Crippen LogP contribution is 2.07. The van der Waals surface area contributed by atoms with Crippen molar-refractivity contribution in [1.82, 2.24) is 15.3 Å². The first-order chi connectivity index (χ1) is 4.97. The van der Waals surface area contributed by atoms with Crippen LogP contribution in [0.1, 0.15) is 11.3 Å². The molecule has 0 amide bonds. The highest BCUT2D eigenvalue weighted by Gasteiger charge is 2.07. The number of nitrogens with one attached hydrogen (secondary N) is 1. The second-order valence-corrected chi connectivity index (χ2v) is 2.42. The minimum absolute atomic E-state index is 0. The molecule has 1 aliphatic rings. The maximum absolute atomic E-state index is 4.17. The van der Waals surface area contributed by atoms with E-state index in [1.54, 1.807) is 6.33 Å². The van der Waals surface area contributed by atoms with Crippen LogP contribution in [0.25, 0.3) is 0 Å². The Morgan fingerprint density at radius 2 is 2.36 bits per heavy atom. The number of nitrogens with zero attached hydrogens (tertiary/aromatic N) is 2. The Bertz CT molecular complexity index is 214. The second kappa shape index (κ2) is 3.41. The van der Waals surface area contributed by atoms with Crippen molar-refractivity contribution in [3.8, 4) is 0 Å². The Morgan fingerprint density at radius 3 is 3.18 bits per heavy atom. The minimum atomic E-state index is 0.